The molecule has 1 saturated carbocycles. The van der Waals surface area contributed by atoms with Crippen LogP contribution in [0.2, 0.25) is 0 Å². The molecule has 2 rings (SSSR count). The lowest BCUT2D eigenvalue weighted by Gasteiger charge is -2.25. The van der Waals surface area contributed by atoms with Crippen LogP contribution in [0.15, 0.2) is 23.1 Å². The van der Waals surface area contributed by atoms with Crippen molar-refractivity contribution < 1.29 is 27.1 Å². The number of benzene rings is 1. The zero-order valence-electron chi connectivity index (χ0n) is 10.6. The van der Waals surface area contributed by atoms with Crippen molar-refractivity contribution in [3.63, 3.8) is 0 Å². The molecule has 0 amide bonds. The van der Waals surface area contributed by atoms with Gasteiger partial charge < -0.3 is 5.11 Å². The first kappa shape index (κ1) is 14.9. The summed E-state index contributed by atoms with van der Waals surface area (Å²) in [5.74, 6) is -4.09. The molecule has 1 aromatic rings. The van der Waals surface area contributed by atoms with E-state index in [4.69, 9.17) is 0 Å². The van der Waals surface area contributed by atoms with E-state index in [-0.39, 0.29) is 5.92 Å². The van der Waals surface area contributed by atoms with Gasteiger partial charge in [0.1, 0.15) is 5.54 Å². The van der Waals surface area contributed by atoms with Crippen LogP contribution < -0.4 is 4.72 Å². The lowest BCUT2D eigenvalue weighted by Crippen LogP contribution is -2.53. The number of carboxylic acid groups (broad SMARTS) is 1. The van der Waals surface area contributed by atoms with Crippen molar-refractivity contribution in [3.8, 4) is 0 Å². The predicted molar refractivity (Wildman–Crippen MR) is 65.4 cm³/mol. The molecule has 20 heavy (non-hydrogen) atoms. The van der Waals surface area contributed by atoms with Crippen LogP contribution in [0.25, 0.3) is 0 Å². The summed E-state index contributed by atoms with van der Waals surface area (Å²) in [6.45, 7) is 1.27. The monoisotopic (exact) mass is 305 g/mol. The number of rotatable bonds is 5. The summed E-state index contributed by atoms with van der Waals surface area (Å²) < 4.78 is 52.1. The van der Waals surface area contributed by atoms with Gasteiger partial charge in [0.15, 0.2) is 11.6 Å². The molecule has 5 nitrogen and oxygen atoms in total. The number of nitrogens with one attached hydrogen (secondary N) is 1. The summed E-state index contributed by atoms with van der Waals surface area (Å²) in [7, 11) is -4.24. The second-order valence-corrected chi connectivity index (χ2v) is 6.65. The van der Waals surface area contributed by atoms with E-state index in [0.717, 1.165) is 6.07 Å². The Balaban J connectivity index is 2.35. The SMILES string of the molecule is CC(NS(=O)(=O)c1ccc(F)c(F)c1)(C(=O)O)C1CC1. The summed E-state index contributed by atoms with van der Waals surface area (Å²) >= 11 is 0. The van der Waals surface area contributed by atoms with Crippen molar-refractivity contribution in [2.24, 2.45) is 5.92 Å². The predicted octanol–water partition coefficient (Wildman–Crippen LogP) is 1.50. The molecule has 1 aliphatic rings. The van der Waals surface area contributed by atoms with Crippen LogP contribution in [0, 0.1) is 17.6 Å². The summed E-state index contributed by atoms with van der Waals surface area (Å²) in [6.07, 6.45) is 1.20. The van der Waals surface area contributed by atoms with E-state index in [0.29, 0.717) is 25.0 Å². The van der Waals surface area contributed by atoms with Gasteiger partial charge >= 0.3 is 5.97 Å². The smallest absolute Gasteiger partial charge is 0.324 e. The lowest BCUT2D eigenvalue weighted by molar-refractivity contribution is -0.144. The standard InChI is InChI=1S/C12H13F2NO4S/c1-12(11(16)17,7-2-3-7)15-20(18,19)8-4-5-9(13)10(14)6-8/h4-7,15H,2-3H2,1H3,(H,16,17). The first-order valence-corrected chi connectivity index (χ1v) is 7.37. The van der Waals surface area contributed by atoms with Crippen LogP contribution in [0.5, 0.6) is 0 Å². The minimum absolute atomic E-state index is 0.305. The number of hydrogen-bond acceptors (Lipinski definition) is 3. The number of hydrogen-bond donors (Lipinski definition) is 2. The summed E-state index contributed by atoms with van der Waals surface area (Å²) in [5, 5.41) is 9.19. The molecular weight excluding hydrogens is 292 g/mol. The third-order valence-corrected chi connectivity index (χ3v) is 4.95. The van der Waals surface area contributed by atoms with Gasteiger partial charge in [-0.25, -0.2) is 17.2 Å². The molecule has 1 aromatic carbocycles. The van der Waals surface area contributed by atoms with E-state index in [9.17, 15) is 27.1 Å². The van der Waals surface area contributed by atoms with Crippen LogP contribution in [-0.4, -0.2) is 25.0 Å². The first-order valence-electron chi connectivity index (χ1n) is 5.89. The van der Waals surface area contributed by atoms with Gasteiger partial charge in [-0.15, -0.1) is 0 Å². The number of sulfonamides is 1. The van der Waals surface area contributed by atoms with Crippen LogP contribution >= 0.6 is 0 Å². The van der Waals surface area contributed by atoms with E-state index in [1.807, 2.05) is 0 Å². The topological polar surface area (TPSA) is 83.5 Å². The number of aliphatic carboxylic acids is 1. The largest absolute Gasteiger partial charge is 0.480 e. The molecule has 1 atom stereocenters. The maximum Gasteiger partial charge on any atom is 0.324 e. The normalized spacial score (nSPS) is 18.6. The van der Waals surface area contributed by atoms with Gasteiger partial charge in [0.05, 0.1) is 4.90 Å². The fraction of sp³-hybridized carbons (Fsp3) is 0.417. The van der Waals surface area contributed by atoms with Gasteiger partial charge in [0.25, 0.3) is 0 Å². The lowest BCUT2D eigenvalue weighted by atomic mass is 9.98. The van der Waals surface area contributed by atoms with Crippen LogP contribution in [0.3, 0.4) is 0 Å². The summed E-state index contributed by atoms with van der Waals surface area (Å²) in [6, 6.07) is 2.09. The Labute approximate surface area is 114 Å². The molecule has 0 bridgehead atoms. The van der Waals surface area contributed by atoms with E-state index in [1.54, 1.807) is 0 Å². The van der Waals surface area contributed by atoms with Gasteiger partial charge in [-0.05, 0) is 43.9 Å². The van der Waals surface area contributed by atoms with Gasteiger partial charge in [-0.1, -0.05) is 0 Å². The van der Waals surface area contributed by atoms with Crippen molar-refractivity contribution in [1.29, 1.82) is 0 Å². The van der Waals surface area contributed by atoms with Crippen molar-refractivity contribution >= 4 is 16.0 Å². The molecule has 1 aliphatic carbocycles. The average molecular weight is 305 g/mol. The molecule has 1 unspecified atom stereocenters. The van der Waals surface area contributed by atoms with E-state index in [1.165, 1.54) is 6.92 Å². The Morgan fingerprint density at radius 3 is 2.40 bits per heavy atom. The number of carbonyl (C=O) groups is 1. The molecule has 0 spiro atoms. The van der Waals surface area contributed by atoms with Crippen LogP contribution in [0.1, 0.15) is 19.8 Å². The summed E-state index contributed by atoms with van der Waals surface area (Å²) in [4.78, 5) is 10.8. The molecule has 8 heteroatoms. The van der Waals surface area contributed by atoms with Crippen molar-refractivity contribution in [3.05, 3.63) is 29.8 Å². The highest BCUT2D eigenvalue weighted by Crippen LogP contribution is 2.40. The molecular formula is C12H13F2NO4S. The molecule has 1 fully saturated rings. The molecule has 0 radical (unpaired) electrons. The van der Waals surface area contributed by atoms with E-state index in [2.05, 4.69) is 4.72 Å². The number of carboxylic acids is 1. The maximum atomic E-state index is 13.1. The fourth-order valence-corrected chi connectivity index (χ4v) is 3.38. The second kappa shape index (κ2) is 4.78. The van der Waals surface area contributed by atoms with Gasteiger partial charge in [-0.3, -0.25) is 4.79 Å². The first-order chi connectivity index (χ1) is 9.17. The average Bonchev–Trinajstić information content (AvgIpc) is 3.15. The molecule has 0 heterocycles. The summed E-state index contributed by atoms with van der Waals surface area (Å²) in [5.41, 5.74) is -1.65. The maximum absolute atomic E-state index is 13.1. The Bertz CT molecular complexity index is 657. The minimum atomic E-state index is -4.24. The fourth-order valence-electron chi connectivity index (χ4n) is 1.94. The zero-order chi connectivity index (χ0) is 15.1. The second-order valence-electron chi connectivity index (χ2n) is 4.96. The van der Waals surface area contributed by atoms with Crippen molar-refractivity contribution in [1.82, 2.24) is 4.72 Å². The third-order valence-electron chi connectivity index (χ3n) is 3.39. The highest BCUT2D eigenvalue weighted by molar-refractivity contribution is 7.89. The highest BCUT2D eigenvalue weighted by Gasteiger charge is 2.50. The number of halogens is 2. The molecule has 110 valence electrons. The molecule has 2 N–H and O–H groups in total. The Morgan fingerprint density at radius 2 is 1.95 bits per heavy atom. The highest BCUT2D eigenvalue weighted by atomic mass is 32.2. The van der Waals surface area contributed by atoms with E-state index < -0.39 is 38.1 Å². The van der Waals surface area contributed by atoms with Crippen molar-refractivity contribution in [2.45, 2.75) is 30.2 Å². The van der Waals surface area contributed by atoms with Gasteiger partial charge in [0.2, 0.25) is 10.0 Å². The Hall–Kier alpha value is -1.54. The van der Waals surface area contributed by atoms with Gasteiger partial charge in [0, 0.05) is 0 Å². The quantitative estimate of drug-likeness (QED) is 0.863. The minimum Gasteiger partial charge on any atom is -0.480 e. The van der Waals surface area contributed by atoms with Crippen LogP contribution in [0.4, 0.5) is 8.78 Å². The van der Waals surface area contributed by atoms with Crippen molar-refractivity contribution in [2.75, 3.05) is 0 Å². The van der Waals surface area contributed by atoms with Crippen LogP contribution in [-0.2, 0) is 14.8 Å². The Kier molecular flexibility index (Phi) is 3.55. The van der Waals surface area contributed by atoms with E-state index >= 15 is 0 Å². The van der Waals surface area contributed by atoms with Gasteiger partial charge in [-0.2, -0.15) is 4.72 Å². The Morgan fingerprint density at radius 1 is 1.35 bits per heavy atom. The molecule has 0 aromatic heterocycles. The molecule has 0 aliphatic heterocycles. The third kappa shape index (κ3) is 2.66. The molecule has 0 saturated heterocycles. The zero-order valence-corrected chi connectivity index (χ0v) is 11.4.